The highest BCUT2D eigenvalue weighted by Crippen LogP contribution is 2.47. The molecule has 3 heteroatoms. The minimum absolute atomic E-state index is 0.289. The van der Waals surface area contributed by atoms with Crippen LogP contribution in [0.25, 0.3) is 0 Å². The first-order valence-corrected chi connectivity index (χ1v) is 6.73. The maximum absolute atomic E-state index is 6.10. The van der Waals surface area contributed by atoms with Crippen molar-refractivity contribution in [1.82, 2.24) is 4.90 Å². The van der Waals surface area contributed by atoms with Gasteiger partial charge in [0, 0.05) is 6.04 Å². The van der Waals surface area contributed by atoms with E-state index < -0.39 is 0 Å². The third-order valence-corrected chi connectivity index (χ3v) is 4.90. The molecule has 2 N–H and O–H groups in total. The molecule has 16 heavy (non-hydrogen) atoms. The minimum atomic E-state index is 0.289. The summed E-state index contributed by atoms with van der Waals surface area (Å²) >= 11 is 0. The predicted molar refractivity (Wildman–Crippen MR) is 66.3 cm³/mol. The Balaban J connectivity index is 1.86. The van der Waals surface area contributed by atoms with E-state index in [4.69, 9.17) is 5.73 Å². The average molecular weight is 221 g/mol. The van der Waals surface area contributed by atoms with Crippen LogP contribution in [-0.2, 0) is 0 Å². The van der Waals surface area contributed by atoms with E-state index in [1.807, 2.05) is 0 Å². The van der Waals surface area contributed by atoms with Crippen LogP contribution in [0.4, 0.5) is 0 Å². The molecule has 90 valence electrons. The Bertz CT molecular complexity index is 321. The lowest BCUT2D eigenvalue weighted by Gasteiger charge is -2.48. The third kappa shape index (κ3) is 1.36. The molecule has 0 radical (unpaired) electrons. The highest BCUT2D eigenvalue weighted by atomic mass is 15.4. The fourth-order valence-electron chi connectivity index (χ4n) is 3.76. The van der Waals surface area contributed by atoms with Gasteiger partial charge in [-0.1, -0.05) is 13.8 Å². The van der Waals surface area contributed by atoms with Crippen molar-refractivity contribution in [3.8, 4) is 0 Å². The van der Waals surface area contributed by atoms with Crippen LogP contribution in [0.15, 0.2) is 4.99 Å². The molecule has 3 rings (SSSR count). The zero-order valence-corrected chi connectivity index (χ0v) is 10.4. The van der Waals surface area contributed by atoms with Gasteiger partial charge in [-0.2, -0.15) is 0 Å². The number of aliphatic imine (C=N–C) groups is 1. The molecule has 1 aliphatic heterocycles. The third-order valence-electron chi connectivity index (χ3n) is 4.90. The Morgan fingerprint density at radius 2 is 2.06 bits per heavy atom. The van der Waals surface area contributed by atoms with Gasteiger partial charge in [0.25, 0.3) is 0 Å². The first-order valence-electron chi connectivity index (χ1n) is 6.73. The van der Waals surface area contributed by atoms with Crippen molar-refractivity contribution in [3.05, 3.63) is 0 Å². The van der Waals surface area contributed by atoms with E-state index in [1.165, 1.54) is 32.1 Å². The fraction of sp³-hybridized carbons (Fsp3) is 0.923. The smallest absolute Gasteiger partial charge is 0.192 e. The highest BCUT2D eigenvalue weighted by Gasteiger charge is 2.52. The van der Waals surface area contributed by atoms with Crippen LogP contribution >= 0.6 is 0 Å². The second-order valence-electron chi connectivity index (χ2n) is 6.16. The zero-order chi connectivity index (χ0) is 11.3. The Hall–Kier alpha value is -0.730. The second-order valence-corrected chi connectivity index (χ2v) is 6.16. The van der Waals surface area contributed by atoms with Crippen LogP contribution in [0.1, 0.15) is 46.0 Å². The molecular weight excluding hydrogens is 198 g/mol. The van der Waals surface area contributed by atoms with Crippen LogP contribution in [0.5, 0.6) is 0 Å². The van der Waals surface area contributed by atoms with E-state index in [1.54, 1.807) is 0 Å². The molecule has 0 amide bonds. The lowest BCUT2D eigenvalue weighted by molar-refractivity contribution is 0.0573. The van der Waals surface area contributed by atoms with Crippen LogP contribution < -0.4 is 5.73 Å². The first-order chi connectivity index (χ1) is 7.63. The van der Waals surface area contributed by atoms with Crippen molar-refractivity contribution >= 4 is 5.96 Å². The lowest BCUT2D eigenvalue weighted by atomic mass is 9.69. The summed E-state index contributed by atoms with van der Waals surface area (Å²) in [5, 5.41) is 0. The molecular formula is C13H23N3. The van der Waals surface area contributed by atoms with Gasteiger partial charge in [-0.3, -0.25) is 4.99 Å². The largest absolute Gasteiger partial charge is 0.370 e. The van der Waals surface area contributed by atoms with Crippen molar-refractivity contribution in [2.45, 2.75) is 57.5 Å². The molecule has 0 aromatic rings. The molecule has 2 fully saturated rings. The van der Waals surface area contributed by atoms with Crippen LogP contribution in [0.2, 0.25) is 0 Å². The van der Waals surface area contributed by atoms with Crippen molar-refractivity contribution in [3.63, 3.8) is 0 Å². The molecule has 0 aromatic heterocycles. The molecule has 0 saturated heterocycles. The maximum atomic E-state index is 6.10. The summed E-state index contributed by atoms with van der Waals surface area (Å²) in [4.78, 5) is 7.04. The average Bonchev–Trinajstić information content (AvgIpc) is 3.00. The maximum Gasteiger partial charge on any atom is 0.192 e. The molecule has 2 saturated carbocycles. The van der Waals surface area contributed by atoms with Gasteiger partial charge >= 0.3 is 0 Å². The quantitative estimate of drug-likeness (QED) is 0.735. The predicted octanol–water partition coefficient (Wildman–Crippen LogP) is 1.97. The molecule has 1 spiro atoms. The summed E-state index contributed by atoms with van der Waals surface area (Å²) in [6, 6.07) is 0.710. The molecule has 3 nitrogen and oxygen atoms in total. The summed E-state index contributed by atoms with van der Waals surface area (Å²) in [5.41, 5.74) is 6.39. The van der Waals surface area contributed by atoms with Gasteiger partial charge in [0.1, 0.15) is 0 Å². The van der Waals surface area contributed by atoms with Gasteiger partial charge in [0.2, 0.25) is 0 Å². The number of rotatable bonds is 1. The highest BCUT2D eigenvalue weighted by molar-refractivity contribution is 5.81. The second kappa shape index (κ2) is 3.38. The van der Waals surface area contributed by atoms with Crippen LogP contribution in [0.3, 0.4) is 0 Å². The normalized spacial score (nSPS) is 43.9. The van der Waals surface area contributed by atoms with Gasteiger partial charge in [-0.15, -0.1) is 0 Å². The molecule has 3 unspecified atom stereocenters. The van der Waals surface area contributed by atoms with Crippen molar-refractivity contribution in [2.75, 3.05) is 6.54 Å². The summed E-state index contributed by atoms with van der Waals surface area (Å²) in [6.45, 7) is 5.73. The van der Waals surface area contributed by atoms with Gasteiger partial charge in [0.15, 0.2) is 5.96 Å². The number of nitrogens with two attached hydrogens (primary N) is 1. The molecule has 3 atom stereocenters. The van der Waals surface area contributed by atoms with E-state index in [0.29, 0.717) is 6.04 Å². The van der Waals surface area contributed by atoms with Crippen molar-refractivity contribution in [1.29, 1.82) is 0 Å². The summed E-state index contributed by atoms with van der Waals surface area (Å²) < 4.78 is 0. The van der Waals surface area contributed by atoms with E-state index in [9.17, 15) is 0 Å². The van der Waals surface area contributed by atoms with Gasteiger partial charge in [0.05, 0.1) is 12.1 Å². The Morgan fingerprint density at radius 3 is 2.69 bits per heavy atom. The van der Waals surface area contributed by atoms with E-state index in [2.05, 4.69) is 23.7 Å². The first kappa shape index (κ1) is 10.4. The topological polar surface area (TPSA) is 41.6 Å². The Morgan fingerprint density at radius 1 is 1.31 bits per heavy atom. The van der Waals surface area contributed by atoms with E-state index in [-0.39, 0.29) is 5.54 Å². The lowest BCUT2D eigenvalue weighted by Crippen LogP contribution is -2.58. The van der Waals surface area contributed by atoms with Gasteiger partial charge in [-0.05, 0) is 43.9 Å². The number of guanidine groups is 1. The van der Waals surface area contributed by atoms with Gasteiger partial charge in [-0.25, -0.2) is 0 Å². The molecule has 1 heterocycles. The van der Waals surface area contributed by atoms with Crippen LogP contribution in [0, 0.1) is 11.8 Å². The van der Waals surface area contributed by atoms with E-state index in [0.717, 1.165) is 24.3 Å². The van der Waals surface area contributed by atoms with Crippen molar-refractivity contribution in [2.24, 2.45) is 22.6 Å². The molecule has 0 bridgehead atoms. The van der Waals surface area contributed by atoms with Crippen molar-refractivity contribution < 1.29 is 0 Å². The Kier molecular flexibility index (Phi) is 2.20. The molecule has 0 aromatic carbocycles. The number of hydrogen-bond donors (Lipinski definition) is 1. The Labute approximate surface area is 98.1 Å². The zero-order valence-electron chi connectivity index (χ0n) is 10.4. The van der Waals surface area contributed by atoms with E-state index >= 15 is 0 Å². The minimum Gasteiger partial charge on any atom is -0.370 e. The number of hydrogen-bond acceptors (Lipinski definition) is 3. The summed E-state index contributed by atoms with van der Waals surface area (Å²) in [7, 11) is 0. The summed E-state index contributed by atoms with van der Waals surface area (Å²) in [6.07, 6.45) is 6.61. The SMILES string of the molecule is CC1CCC2(CN=C(N)N2C2CC2)C(C)C1. The van der Waals surface area contributed by atoms with Crippen LogP contribution in [-0.4, -0.2) is 29.0 Å². The number of nitrogens with zero attached hydrogens (tertiary/aromatic N) is 2. The summed E-state index contributed by atoms with van der Waals surface area (Å²) in [5.74, 6) is 2.44. The standard InChI is InChI=1S/C13H23N3/c1-9-5-6-13(10(2)7-9)8-15-12(14)16(13)11-3-4-11/h9-11H,3-8H2,1-2H3,(H2,14,15). The molecule has 2 aliphatic carbocycles. The monoisotopic (exact) mass is 221 g/mol. The van der Waals surface area contributed by atoms with Gasteiger partial charge < -0.3 is 10.6 Å². The fourth-order valence-corrected chi connectivity index (χ4v) is 3.76. The molecule has 3 aliphatic rings.